The third-order valence-electron chi connectivity index (χ3n) is 12.1. The van der Waals surface area contributed by atoms with Gasteiger partial charge in [-0.25, -0.2) is 0 Å². The fourth-order valence-electron chi connectivity index (χ4n) is 9.61. The molecule has 11 atom stereocenters. The molecule has 4 rings (SSSR count). The lowest BCUT2D eigenvalue weighted by molar-refractivity contribution is -0.269. The Kier molecular flexibility index (Phi) is 7.28. The van der Waals surface area contributed by atoms with Crippen LogP contribution in [0.15, 0.2) is 0 Å². The van der Waals surface area contributed by atoms with Gasteiger partial charge in [0.1, 0.15) is 11.7 Å². The van der Waals surface area contributed by atoms with Crippen LogP contribution >= 0.6 is 0 Å². The third kappa shape index (κ3) is 4.17. The highest BCUT2D eigenvalue weighted by Gasteiger charge is 2.68. The second-order valence-electron chi connectivity index (χ2n) is 14.0. The smallest absolute Gasteiger partial charge is 0.303 e. The Morgan fingerprint density at radius 2 is 1.71 bits per heavy atom. The number of carbonyl (C=O) groups excluding carboxylic acids is 1. The Morgan fingerprint density at radius 1 is 1.00 bits per heavy atom. The average Bonchev–Trinajstić information content (AvgIpc) is 3.10. The van der Waals surface area contributed by atoms with Crippen LogP contribution in [0.3, 0.4) is 0 Å². The molecule has 0 aliphatic heterocycles. The molecule has 4 saturated carbocycles. The standard InChI is InChI=1S/C30H52O4/c1-18(2)19(3)8-9-20(4)24-10-11-25-23-16-27(34-21(5)31)30(33)17-22(32)12-15-29(30,7)26(23)13-14-28(24,25)6/h18-20,22-27,32-33H,8-17H2,1-7H3/t19?,20-,22+,23+,24-,25+,26+,27-,28-,29-,30+/m1/s1. The zero-order valence-electron chi connectivity index (χ0n) is 23.0. The first-order chi connectivity index (χ1) is 15.8. The first-order valence-electron chi connectivity index (χ1n) is 14.4. The minimum Gasteiger partial charge on any atom is -0.459 e. The van der Waals surface area contributed by atoms with E-state index < -0.39 is 17.8 Å². The van der Waals surface area contributed by atoms with Gasteiger partial charge >= 0.3 is 5.97 Å². The van der Waals surface area contributed by atoms with Crippen LogP contribution < -0.4 is 0 Å². The van der Waals surface area contributed by atoms with Gasteiger partial charge in [0.15, 0.2) is 0 Å². The molecule has 34 heavy (non-hydrogen) atoms. The number of esters is 1. The van der Waals surface area contributed by atoms with Gasteiger partial charge in [-0.15, -0.1) is 0 Å². The van der Waals surface area contributed by atoms with Crippen molar-refractivity contribution in [1.29, 1.82) is 0 Å². The third-order valence-corrected chi connectivity index (χ3v) is 12.1. The number of carbonyl (C=O) groups is 1. The van der Waals surface area contributed by atoms with E-state index >= 15 is 0 Å². The summed E-state index contributed by atoms with van der Waals surface area (Å²) in [6, 6.07) is 0. The lowest BCUT2D eigenvalue weighted by Crippen LogP contribution is -2.69. The summed E-state index contributed by atoms with van der Waals surface area (Å²) in [4.78, 5) is 12.1. The molecular formula is C30H52O4. The molecule has 4 aliphatic rings. The van der Waals surface area contributed by atoms with Crippen LogP contribution in [0.2, 0.25) is 0 Å². The topological polar surface area (TPSA) is 66.8 Å². The first-order valence-corrected chi connectivity index (χ1v) is 14.4. The van der Waals surface area contributed by atoms with E-state index in [9.17, 15) is 15.0 Å². The van der Waals surface area contributed by atoms with Gasteiger partial charge in [0.25, 0.3) is 0 Å². The van der Waals surface area contributed by atoms with Crippen LogP contribution in [0.5, 0.6) is 0 Å². The molecule has 0 aromatic carbocycles. The number of aliphatic hydroxyl groups excluding tert-OH is 1. The molecule has 0 radical (unpaired) electrons. The summed E-state index contributed by atoms with van der Waals surface area (Å²) in [6.45, 7) is 15.9. The predicted octanol–water partition coefficient (Wildman–Crippen LogP) is 6.37. The van der Waals surface area contributed by atoms with Crippen molar-refractivity contribution in [1.82, 2.24) is 0 Å². The highest BCUT2D eigenvalue weighted by Crippen LogP contribution is 2.69. The van der Waals surface area contributed by atoms with Crippen molar-refractivity contribution in [3.8, 4) is 0 Å². The number of hydrogen-bond acceptors (Lipinski definition) is 4. The van der Waals surface area contributed by atoms with E-state index in [1.54, 1.807) is 0 Å². The maximum atomic E-state index is 12.1. The van der Waals surface area contributed by atoms with Crippen LogP contribution in [0.4, 0.5) is 0 Å². The molecule has 0 aromatic heterocycles. The van der Waals surface area contributed by atoms with Gasteiger partial charge in [0, 0.05) is 18.8 Å². The van der Waals surface area contributed by atoms with Gasteiger partial charge in [0.05, 0.1) is 6.10 Å². The molecule has 4 nitrogen and oxygen atoms in total. The van der Waals surface area contributed by atoms with Gasteiger partial charge in [-0.1, -0.05) is 54.4 Å². The molecule has 4 heteroatoms. The number of aliphatic hydroxyl groups is 2. The van der Waals surface area contributed by atoms with Crippen molar-refractivity contribution in [2.24, 2.45) is 52.3 Å². The Hall–Kier alpha value is -0.610. The normalized spacial score (nSPS) is 47.9. The average molecular weight is 477 g/mol. The second-order valence-corrected chi connectivity index (χ2v) is 14.0. The number of fused-ring (bicyclic) bond motifs is 5. The SMILES string of the molecule is CC(=O)O[C@@H]1C[C@H]2[C@@H]3CC[C@H]([C@H](C)CCC(C)C(C)C)[C@@]3(C)CC[C@@H]2[C@@]2(C)CC[C@H](O)C[C@]12O. The Bertz CT molecular complexity index is 750. The molecular weight excluding hydrogens is 424 g/mol. The minimum atomic E-state index is -1.12. The monoisotopic (exact) mass is 476 g/mol. The molecule has 4 aliphatic carbocycles. The summed E-state index contributed by atoms with van der Waals surface area (Å²) >= 11 is 0. The molecule has 2 N–H and O–H groups in total. The summed E-state index contributed by atoms with van der Waals surface area (Å²) in [5.74, 6) is 4.33. The zero-order valence-corrected chi connectivity index (χ0v) is 23.0. The first kappa shape index (κ1) is 26.5. The van der Waals surface area contributed by atoms with E-state index in [1.807, 2.05) is 0 Å². The summed E-state index contributed by atoms with van der Waals surface area (Å²) in [5.41, 5.74) is -1.07. The number of rotatable bonds is 6. The minimum absolute atomic E-state index is 0.299. The largest absolute Gasteiger partial charge is 0.459 e. The van der Waals surface area contributed by atoms with E-state index in [-0.39, 0.29) is 11.4 Å². The van der Waals surface area contributed by atoms with E-state index in [1.165, 1.54) is 39.0 Å². The van der Waals surface area contributed by atoms with Gasteiger partial charge in [0.2, 0.25) is 0 Å². The molecule has 1 unspecified atom stereocenters. The molecule has 0 spiro atoms. The van der Waals surface area contributed by atoms with Gasteiger partial charge in [-0.3, -0.25) is 4.79 Å². The maximum Gasteiger partial charge on any atom is 0.303 e. The van der Waals surface area contributed by atoms with Crippen molar-refractivity contribution in [3.05, 3.63) is 0 Å². The predicted molar refractivity (Wildman–Crippen MR) is 136 cm³/mol. The molecule has 0 aromatic rings. The molecule has 0 amide bonds. The zero-order chi connectivity index (χ0) is 25.1. The molecule has 0 saturated heterocycles. The quantitative estimate of drug-likeness (QED) is 0.437. The van der Waals surface area contributed by atoms with Crippen LogP contribution in [0.25, 0.3) is 0 Å². The van der Waals surface area contributed by atoms with Crippen molar-refractivity contribution in [2.75, 3.05) is 0 Å². The van der Waals surface area contributed by atoms with Gasteiger partial charge in [-0.2, -0.15) is 0 Å². The fourth-order valence-corrected chi connectivity index (χ4v) is 9.61. The van der Waals surface area contributed by atoms with Crippen LogP contribution in [0.1, 0.15) is 113 Å². The van der Waals surface area contributed by atoms with Crippen molar-refractivity contribution < 1.29 is 19.7 Å². The van der Waals surface area contributed by atoms with Crippen LogP contribution in [-0.4, -0.2) is 34.0 Å². The molecule has 4 fully saturated rings. The van der Waals surface area contributed by atoms with Crippen LogP contribution in [0, 0.1) is 52.3 Å². The highest BCUT2D eigenvalue weighted by atomic mass is 16.6. The van der Waals surface area contributed by atoms with Crippen molar-refractivity contribution in [2.45, 2.75) is 130 Å². The Labute approximate surface area is 208 Å². The lowest BCUT2D eigenvalue weighted by Gasteiger charge is -2.65. The number of ether oxygens (including phenoxy) is 1. The Balaban J connectivity index is 1.58. The summed E-state index contributed by atoms with van der Waals surface area (Å²) in [5, 5.41) is 22.5. The summed E-state index contributed by atoms with van der Waals surface area (Å²) in [7, 11) is 0. The maximum absolute atomic E-state index is 12.1. The second kappa shape index (κ2) is 9.36. The van der Waals surface area contributed by atoms with E-state index in [0.717, 1.165) is 49.4 Å². The van der Waals surface area contributed by atoms with E-state index in [2.05, 4.69) is 41.5 Å². The van der Waals surface area contributed by atoms with Crippen molar-refractivity contribution in [3.63, 3.8) is 0 Å². The van der Waals surface area contributed by atoms with E-state index in [0.29, 0.717) is 29.6 Å². The summed E-state index contributed by atoms with van der Waals surface area (Å²) < 4.78 is 5.87. The lowest BCUT2D eigenvalue weighted by atomic mass is 9.42. The van der Waals surface area contributed by atoms with E-state index in [4.69, 9.17) is 4.74 Å². The number of hydrogen-bond donors (Lipinski definition) is 2. The molecule has 0 heterocycles. The molecule has 196 valence electrons. The Morgan fingerprint density at radius 3 is 2.35 bits per heavy atom. The van der Waals surface area contributed by atoms with Crippen LogP contribution in [-0.2, 0) is 9.53 Å². The van der Waals surface area contributed by atoms with Crippen molar-refractivity contribution >= 4 is 5.97 Å². The van der Waals surface area contributed by atoms with Gasteiger partial charge in [-0.05, 0) is 91.8 Å². The highest BCUT2D eigenvalue weighted by molar-refractivity contribution is 5.66. The fraction of sp³-hybridized carbons (Fsp3) is 0.967. The molecule has 0 bridgehead atoms. The summed E-state index contributed by atoms with van der Waals surface area (Å²) in [6.07, 6.45) is 9.29. The van der Waals surface area contributed by atoms with Gasteiger partial charge < -0.3 is 14.9 Å².